The molecular weight excluding hydrogens is 634 g/mol. The number of carboxylic acids is 1. The first kappa shape index (κ1) is 34.6. The average Bonchev–Trinajstić information content (AvgIpc) is 3.25. The fourth-order valence-corrected chi connectivity index (χ4v) is 7.03. The molecule has 48 heavy (non-hydrogen) atoms. The van der Waals surface area contributed by atoms with E-state index in [2.05, 4.69) is 38.8 Å². The summed E-state index contributed by atoms with van der Waals surface area (Å²) in [5.74, 6) is -0.854. The number of benzene rings is 2. The van der Waals surface area contributed by atoms with Gasteiger partial charge in [0.15, 0.2) is 13.9 Å². The van der Waals surface area contributed by atoms with E-state index in [4.69, 9.17) is 13.9 Å². The van der Waals surface area contributed by atoms with Gasteiger partial charge in [0.05, 0.1) is 37.7 Å². The Bertz CT molecular complexity index is 1990. The minimum absolute atomic E-state index is 0.0634. The molecule has 0 spiro atoms. The number of amides is 1. The van der Waals surface area contributed by atoms with Crippen molar-refractivity contribution >= 4 is 37.0 Å². The summed E-state index contributed by atoms with van der Waals surface area (Å²) in [6.45, 7) is 11.2. The summed E-state index contributed by atoms with van der Waals surface area (Å²) in [6.07, 6.45) is -0.279. The average molecular weight is 678 g/mol. The summed E-state index contributed by atoms with van der Waals surface area (Å²) in [4.78, 5) is 41.4. The molecule has 4 aromatic rings. The van der Waals surface area contributed by atoms with E-state index in [0.717, 1.165) is 27.7 Å². The lowest BCUT2D eigenvalue weighted by atomic mass is 9.93. The standard InChI is InChI=1S/C35H43N3O9Si/c1-35(2,3)48(7,8)47-18-24-22-16-23-27(17-26(22)37(4)25(24)14-19-11-12-20(45-5)15-28(19)46-6)38(34(43)44)13-9-10-21-30(23)36-32(40)29(31(21)39)33(41)42/h11-12,15-17H,9-10,13-14,18H2,1-8H3,(H,41,42)(H,43,44)(H2,36,39,40). The molecule has 1 amide bonds. The molecule has 0 radical (unpaired) electrons. The normalized spacial score (nSPS) is 13.5. The van der Waals surface area contributed by atoms with Crippen LogP contribution in [0.2, 0.25) is 18.1 Å². The van der Waals surface area contributed by atoms with E-state index in [-0.39, 0.29) is 42.3 Å². The molecule has 1 aliphatic rings. The van der Waals surface area contributed by atoms with Crippen molar-refractivity contribution in [3.8, 4) is 28.5 Å². The van der Waals surface area contributed by atoms with Gasteiger partial charge in [0.25, 0.3) is 5.56 Å². The number of H-pyrrole nitrogens is 1. The number of fused-ring (bicyclic) bond motifs is 4. The summed E-state index contributed by atoms with van der Waals surface area (Å²) in [5.41, 5.74) is 2.83. The Balaban J connectivity index is 1.83. The minimum Gasteiger partial charge on any atom is -0.506 e. The zero-order valence-electron chi connectivity index (χ0n) is 28.6. The number of hydrogen-bond donors (Lipinski definition) is 4. The predicted molar refractivity (Wildman–Crippen MR) is 186 cm³/mol. The van der Waals surface area contributed by atoms with Crippen molar-refractivity contribution in [2.75, 3.05) is 25.7 Å². The van der Waals surface area contributed by atoms with Crippen LogP contribution in [0, 0.1) is 0 Å². The third-order valence-corrected chi connectivity index (χ3v) is 14.4. The smallest absolute Gasteiger partial charge is 0.411 e. The van der Waals surface area contributed by atoms with Crippen molar-refractivity contribution in [1.82, 2.24) is 9.55 Å². The first-order valence-corrected chi connectivity index (χ1v) is 18.6. The van der Waals surface area contributed by atoms with E-state index in [1.54, 1.807) is 20.3 Å². The first-order chi connectivity index (χ1) is 22.5. The third kappa shape index (κ3) is 6.03. The summed E-state index contributed by atoms with van der Waals surface area (Å²) >= 11 is 0. The number of nitrogens with one attached hydrogen (secondary N) is 1. The minimum atomic E-state index is -2.24. The van der Waals surface area contributed by atoms with E-state index >= 15 is 0 Å². The van der Waals surface area contributed by atoms with Crippen LogP contribution in [0.1, 0.15) is 59.9 Å². The Hall–Kier alpha value is -4.75. The molecule has 1 aliphatic heterocycles. The Morgan fingerprint density at radius 2 is 1.77 bits per heavy atom. The zero-order chi connectivity index (χ0) is 35.3. The molecule has 0 saturated heterocycles. The second-order valence-corrected chi connectivity index (χ2v) is 18.5. The number of carbonyl (C=O) groups is 2. The summed E-state index contributed by atoms with van der Waals surface area (Å²) < 4.78 is 19.9. The number of aromatic amines is 1. The van der Waals surface area contributed by atoms with Gasteiger partial charge in [0.2, 0.25) is 0 Å². The van der Waals surface area contributed by atoms with Crippen molar-refractivity contribution in [3.05, 3.63) is 68.6 Å². The molecule has 0 fully saturated rings. The Morgan fingerprint density at radius 3 is 2.38 bits per heavy atom. The van der Waals surface area contributed by atoms with Crippen LogP contribution in [0.5, 0.6) is 17.2 Å². The van der Waals surface area contributed by atoms with Gasteiger partial charge in [0, 0.05) is 59.4 Å². The van der Waals surface area contributed by atoms with Crippen LogP contribution < -0.4 is 19.9 Å². The van der Waals surface area contributed by atoms with Gasteiger partial charge in [-0.3, -0.25) is 9.69 Å². The highest BCUT2D eigenvalue weighted by Gasteiger charge is 2.38. The molecule has 5 rings (SSSR count). The van der Waals surface area contributed by atoms with Crippen molar-refractivity contribution in [2.24, 2.45) is 7.05 Å². The zero-order valence-corrected chi connectivity index (χ0v) is 29.6. The monoisotopic (exact) mass is 677 g/mol. The van der Waals surface area contributed by atoms with Crippen LogP contribution in [0.15, 0.2) is 35.1 Å². The first-order valence-electron chi connectivity index (χ1n) is 15.7. The van der Waals surface area contributed by atoms with Crippen molar-refractivity contribution < 1.29 is 38.8 Å². The van der Waals surface area contributed by atoms with E-state index in [9.17, 15) is 29.7 Å². The highest BCUT2D eigenvalue weighted by atomic mass is 28.4. The third-order valence-electron chi connectivity index (χ3n) is 9.89. The largest absolute Gasteiger partial charge is 0.506 e. The van der Waals surface area contributed by atoms with Crippen molar-refractivity contribution in [3.63, 3.8) is 0 Å². The van der Waals surface area contributed by atoms with Crippen LogP contribution in [0.25, 0.3) is 22.2 Å². The Kier molecular flexibility index (Phi) is 9.14. The molecule has 0 bridgehead atoms. The number of carboxylic acid groups (broad SMARTS) is 2. The molecule has 3 heterocycles. The number of hydrogen-bond acceptors (Lipinski definition) is 7. The fraction of sp³-hybridized carbons (Fsp3) is 0.400. The number of nitrogens with zero attached hydrogens (tertiary/aromatic N) is 2. The van der Waals surface area contributed by atoms with Gasteiger partial charge >= 0.3 is 12.1 Å². The topological polar surface area (TPSA) is 164 Å². The van der Waals surface area contributed by atoms with Crippen LogP contribution in [0.3, 0.4) is 0 Å². The van der Waals surface area contributed by atoms with Crippen LogP contribution in [-0.4, -0.2) is 66.0 Å². The molecule has 0 saturated carbocycles. The molecule has 12 nitrogen and oxygen atoms in total. The maximum atomic E-state index is 13.0. The van der Waals surface area contributed by atoms with Gasteiger partial charge < -0.3 is 38.8 Å². The Morgan fingerprint density at radius 1 is 1.06 bits per heavy atom. The molecule has 4 N–H and O–H groups in total. The number of pyridine rings is 1. The van der Waals surface area contributed by atoms with E-state index in [1.165, 1.54) is 4.90 Å². The van der Waals surface area contributed by atoms with E-state index in [1.807, 2.05) is 35.9 Å². The molecular formula is C35H43N3O9Si. The van der Waals surface area contributed by atoms with E-state index in [0.29, 0.717) is 29.2 Å². The molecule has 0 atom stereocenters. The second-order valence-electron chi connectivity index (χ2n) is 13.6. The predicted octanol–water partition coefficient (Wildman–Crippen LogP) is 6.50. The van der Waals surface area contributed by atoms with E-state index < -0.39 is 37.3 Å². The van der Waals surface area contributed by atoms with Crippen molar-refractivity contribution in [1.29, 1.82) is 0 Å². The van der Waals surface area contributed by atoms with Gasteiger partial charge in [-0.25, -0.2) is 9.59 Å². The lowest BCUT2D eigenvalue weighted by Gasteiger charge is -2.36. The SMILES string of the molecule is COc1ccc(Cc2c(CO[Si](C)(C)C(C)(C)C)c3cc4c(cc3n2C)N(C(=O)O)CCCc2c-4[nH]c(=O)c(C(=O)O)c2O)c(OC)c1. The van der Waals surface area contributed by atoms with Gasteiger partial charge in [0.1, 0.15) is 17.2 Å². The number of ether oxygens (including phenoxy) is 2. The van der Waals surface area contributed by atoms with Gasteiger partial charge in [-0.2, -0.15) is 0 Å². The Labute approximate surface area is 279 Å². The van der Waals surface area contributed by atoms with Gasteiger partial charge in [-0.15, -0.1) is 0 Å². The highest BCUT2D eigenvalue weighted by molar-refractivity contribution is 6.74. The molecule has 0 aliphatic carbocycles. The van der Waals surface area contributed by atoms with Crippen molar-refractivity contribution in [2.45, 2.75) is 64.8 Å². The number of aromatic hydroxyl groups is 1. The number of rotatable bonds is 8. The van der Waals surface area contributed by atoms with Crippen LogP contribution in [0.4, 0.5) is 10.5 Å². The number of anilines is 1. The quantitative estimate of drug-likeness (QED) is 0.153. The van der Waals surface area contributed by atoms with Crippen LogP contribution >= 0.6 is 0 Å². The summed E-state index contributed by atoms with van der Waals surface area (Å²) in [7, 11) is 2.87. The highest BCUT2D eigenvalue weighted by Crippen LogP contribution is 2.44. The molecule has 256 valence electrons. The lowest BCUT2D eigenvalue weighted by molar-refractivity contribution is 0.0691. The molecule has 13 heteroatoms. The maximum Gasteiger partial charge on any atom is 0.411 e. The second kappa shape index (κ2) is 12.7. The van der Waals surface area contributed by atoms with Crippen LogP contribution in [-0.2, 0) is 30.9 Å². The van der Waals surface area contributed by atoms with Gasteiger partial charge in [-0.05, 0) is 49.2 Å². The fourth-order valence-electron chi connectivity index (χ4n) is 6.09. The summed E-state index contributed by atoms with van der Waals surface area (Å²) in [5, 5.41) is 31.7. The molecule has 2 aromatic carbocycles. The van der Waals surface area contributed by atoms with Gasteiger partial charge in [-0.1, -0.05) is 26.8 Å². The number of methoxy groups -OCH3 is 2. The molecule has 0 unspecified atom stereocenters. The summed E-state index contributed by atoms with van der Waals surface area (Å²) in [6, 6.07) is 9.24. The number of aryl methyl sites for hydroxylation is 1. The lowest BCUT2D eigenvalue weighted by Crippen LogP contribution is -2.40. The molecule has 2 aromatic heterocycles. The number of aromatic nitrogens is 2. The number of aromatic carboxylic acids is 1. The maximum absolute atomic E-state index is 13.0.